The first-order chi connectivity index (χ1) is 8.11. The molecule has 2 rings (SSSR count). The van der Waals surface area contributed by atoms with Crippen LogP contribution in [0.3, 0.4) is 0 Å². The smallest absolute Gasteiger partial charge is 0.319 e. The van der Waals surface area contributed by atoms with Crippen LogP contribution in [0.1, 0.15) is 15.9 Å². The van der Waals surface area contributed by atoms with E-state index in [0.717, 1.165) is 5.56 Å². The number of methoxy groups -OCH3 is 1. The maximum absolute atomic E-state index is 11.9. The first kappa shape index (κ1) is 12.5. The number of hydrogen-bond acceptors (Lipinski definition) is 4. The van der Waals surface area contributed by atoms with Crippen molar-refractivity contribution in [1.82, 2.24) is 0 Å². The van der Waals surface area contributed by atoms with E-state index >= 15 is 0 Å². The molecule has 1 heterocycles. The number of Topliss-reactive ketones (excluding diaryl/α,β-unsaturated/α-hetero) is 1. The van der Waals surface area contributed by atoms with E-state index in [1.54, 1.807) is 18.2 Å². The number of esters is 1. The van der Waals surface area contributed by atoms with Crippen molar-refractivity contribution in [2.45, 2.75) is 11.7 Å². The number of carbonyl (C=O) groups is 2. The van der Waals surface area contributed by atoms with Crippen molar-refractivity contribution in [1.29, 1.82) is 0 Å². The SMILES string of the molecule is COC(=O)C1Cc2ccc(Cl)cc2C(=O)CS1. The fourth-order valence-electron chi connectivity index (χ4n) is 1.78. The largest absolute Gasteiger partial charge is 0.468 e. The summed E-state index contributed by atoms with van der Waals surface area (Å²) in [5, 5.41) is 0.227. The van der Waals surface area contributed by atoms with Crippen LogP contribution < -0.4 is 0 Å². The average Bonchev–Trinajstić information content (AvgIpc) is 2.49. The second-order valence-corrected chi connectivity index (χ2v) is 5.38. The number of hydrogen-bond donors (Lipinski definition) is 0. The predicted molar refractivity (Wildman–Crippen MR) is 67.7 cm³/mol. The van der Waals surface area contributed by atoms with Gasteiger partial charge in [-0.15, -0.1) is 11.8 Å². The second kappa shape index (κ2) is 5.10. The van der Waals surface area contributed by atoms with Crippen molar-refractivity contribution < 1.29 is 14.3 Å². The third-order valence-electron chi connectivity index (χ3n) is 2.66. The Morgan fingerprint density at radius 2 is 2.29 bits per heavy atom. The minimum absolute atomic E-state index is 0.0129. The van der Waals surface area contributed by atoms with Gasteiger partial charge in [-0.05, 0) is 24.1 Å². The highest BCUT2D eigenvalue weighted by Crippen LogP contribution is 2.28. The molecule has 0 spiro atoms. The number of carbonyl (C=O) groups excluding carboxylic acids is 2. The van der Waals surface area contributed by atoms with E-state index in [1.165, 1.54) is 18.9 Å². The van der Waals surface area contributed by atoms with Gasteiger partial charge in [0, 0.05) is 10.6 Å². The Labute approximate surface area is 108 Å². The van der Waals surface area contributed by atoms with Gasteiger partial charge in [-0.3, -0.25) is 9.59 Å². The monoisotopic (exact) mass is 270 g/mol. The van der Waals surface area contributed by atoms with Gasteiger partial charge in [-0.2, -0.15) is 0 Å². The van der Waals surface area contributed by atoms with Crippen LogP contribution in [-0.2, 0) is 16.0 Å². The number of halogens is 1. The normalized spacial score (nSPS) is 19.4. The number of fused-ring (bicyclic) bond motifs is 1. The molecule has 0 aliphatic carbocycles. The van der Waals surface area contributed by atoms with E-state index in [1.807, 2.05) is 0 Å². The molecule has 0 amide bonds. The van der Waals surface area contributed by atoms with E-state index in [4.69, 9.17) is 16.3 Å². The van der Waals surface area contributed by atoms with Gasteiger partial charge in [0.2, 0.25) is 0 Å². The van der Waals surface area contributed by atoms with Crippen LogP contribution in [0.15, 0.2) is 18.2 Å². The first-order valence-corrected chi connectivity index (χ1v) is 6.55. The molecular formula is C12H11ClO3S. The quantitative estimate of drug-likeness (QED) is 0.735. The predicted octanol–water partition coefficient (Wildman–Crippen LogP) is 2.35. The van der Waals surface area contributed by atoms with Crippen LogP contribution in [0.5, 0.6) is 0 Å². The summed E-state index contributed by atoms with van der Waals surface area (Å²) in [6.45, 7) is 0. The molecule has 0 N–H and O–H groups in total. The Kier molecular flexibility index (Phi) is 3.74. The Balaban J connectivity index is 2.35. The van der Waals surface area contributed by atoms with Crippen molar-refractivity contribution in [3.05, 3.63) is 34.3 Å². The van der Waals surface area contributed by atoms with Crippen molar-refractivity contribution in [2.75, 3.05) is 12.9 Å². The minimum atomic E-state index is -0.314. The number of benzene rings is 1. The third-order valence-corrected chi connectivity index (χ3v) is 4.08. The lowest BCUT2D eigenvalue weighted by Crippen LogP contribution is -2.21. The van der Waals surface area contributed by atoms with E-state index in [0.29, 0.717) is 17.0 Å². The number of thioether (sulfide) groups is 1. The molecule has 5 heteroatoms. The van der Waals surface area contributed by atoms with Crippen molar-refractivity contribution >= 4 is 35.1 Å². The van der Waals surface area contributed by atoms with Crippen molar-refractivity contribution in [3.8, 4) is 0 Å². The van der Waals surface area contributed by atoms with E-state index < -0.39 is 0 Å². The Bertz CT molecular complexity index is 473. The molecule has 0 saturated heterocycles. The summed E-state index contributed by atoms with van der Waals surface area (Å²) in [7, 11) is 1.36. The van der Waals surface area contributed by atoms with E-state index in [9.17, 15) is 9.59 Å². The second-order valence-electron chi connectivity index (χ2n) is 3.75. The van der Waals surface area contributed by atoms with Gasteiger partial charge < -0.3 is 4.74 Å². The van der Waals surface area contributed by atoms with Crippen LogP contribution in [0, 0.1) is 0 Å². The molecule has 1 aliphatic rings. The molecule has 1 aliphatic heterocycles. The fraction of sp³-hybridized carbons (Fsp3) is 0.333. The van der Waals surface area contributed by atoms with E-state index in [2.05, 4.69) is 0 Å². The van der Waals surface area contributed by atoms with Gasteiger partial charge in [0.25, 0.3) is 0 Å². The number of rotatable bonds is 1. The average molecular weight is 271 g/mol. The molecule has 0 radical (unpaired) electrons. The summed E-state index contributed by atoms with van der Waals surface area (Å²) in [5.74, 6) is 0.0112. The van der Waals surface area contributed by atoms with Gasteiger partial charge in [-0.1, -0.05) is 17.7 Å². The molecule has 1 unspecified atom stereocenters. The van der Waals surface area contributed by atoms with E-state index in [-0.39, 0.29) is 22.8 Å². The summed E-state index contributed by atoms with van der Waals surface area (Å²) >= 11 is 7.19. The van der Waals surface area contributed by atoms with Gasteiger partial charge in [0.1, 0.15) is 5.25 Å². The molecule has 90 valence electrons. The highest BCUT2D eigenvalue weighted by atomic mass is 35.5. The first-order valence-electron chi connectivity index (χ1n) is 5.13. The molecule has 1 aromatic carbocycles. The van der Waals surface area contributed by atoms with Crippen LogP contribution in [0.4, 0.5) is 0 Å². The molecule has 3 nitrogen and oxygen atoms in total. The molecule has 1 atom stereocenters. The zero-order chi connectivity index (χ0) is 12.4. The number of ether oxygens (including phenoxy) is 1. The lowest BCUT2D eigenvalue weighted by Gasteiger charge is -2.10. The van der Waals surface area contributed by atoms with Gasteiger partial charge in [-0.25, -0.2) is 0 Å². The summed E-state index contributed by atoms with van der Waals surface area (Å²) in [4.78, 5) is 23.4. The molecule has 0 bridgehead atoms. The van der Waals surface area contributed by atoms with Gasteiger partial charge in [0.15, 0.2) is 5.78 Å². The maximum Gasteiger partial charge on any atom is 0.319 e. The Hall–Kier alpha value is -1.000. The zero-order valence-corrected chi connectivity index (χ0v) is 10.8. The van der Waals surface area contributed by atoms with Crippen LogP contribution >= 0.6 is 23.4 Å². The molecule has 0 saturated carbocycles. The summed E-state index contributed by atoms with van der Waals surface area (Å²) in [5.41, 5.74) is 1.48. The summed E-state index contributed by atoms with van der Waals surface area (Å²) in [6, 6.07) is 5.20. The van der Waals surface area contributed by atoms with Crippen LogP contribution in [0.25, 0.3) is 0 Å². The lowest BCUT2D eigenvalue weighted by molar-refractivity contribution is -0.139. The molecule has 0 aromatic heterocycles. The van der Waals surface area contributed by atoms with Gasteiger partial charge >= 0.3 is 5.97 Å². The molecule has 17 heavy (non-hydrogen) atoms. The maximum atomic E-state index is 11.9. The van der Waals surface area contributed by atoms with Crippen LogP contribution in [-0.4, -0.2) is 29.9 Å². The number of ketones is 1. The van der Waals surface area contributed by atoms with Gasteiger partial charge in [0.05, 0.1) is 12.9 Å². The fourth-order valence-corrected chi connectivity index (χ4v) is 2.99. The third kappa shape index (κ3) is 2.64. The Morgan fingerprint density at radius 1 is 1.53 bits per heavy atom. The molecule has 1 aromatic rings. The minimum Gasteiger partial charge on any atom is -0.468 e. The summed E-state index contributed by atoms with van der Waals surface area (Å²) in [6.07, 6.45) is 0.510. The Morgan fingerprint density at radius 3 is 3.00 bits per heavy atom. The molecule has 0 fully saturated rings. The topological polar surface area (TPSA) is 43.4 Å². The van der Waals surface area contributed by atoms with Crippen molar-refractivity contribution in [3.63, 3.8) is 0 Å². The summed E-state index contributed by atoms with van der Waals surface area (Å²) < 4.78 is 4.72. The van der Waals surface area contributed by atoms with Crippen molar-refractivity contribution in [2.24, 2.45) is 0 Å². The highest BCUT2D eigenvalue weighted by Gasteiger charge is 2.27. The van der Waals surface area contributed by atoms with Crippen LogP contribution in [0.2, 0.25) is 5.02 Å². The lowest BCUT2D eigenvalue weighted by atomic mass is 10.0. The zero-order valence-electron chi connectivity index (χ0n) is 9.23. The molecular weight excluding hydrogens is 260 g/mol. The highest BCUT2D eigenvalue weighted by molar-refractivity contribution is 8.01. The standard InChI is InChI=1S/C12H11ClO3S/c1-16-12(15)11-4-7-2-3-8(13)5-9(7)10(14)6-17-11/h2-3,5,11H,4,6H2,1H3.